The molecule has 7 atom stereocenters. The Labute approximate surface area is 155 Å². The van der Waals surface area contributed by atoms with Crippen LogP contribution in [0.3, 0.4) is 0 Å². The Bertz CT molecular complexity index is 516. The highest BCUT2D eigenvalue weighted by Gasteiger charge is 2.58. The maximum atomic E-state index is 6.16. The van der Waals surface area contributed by atoms with Gasteiger partial charge in [0, 0.05) is 6.61 Å². The summed E-state index contributed by atoms with van der Waals surface area (Å²) in [6.45, 7) is 11.3. The van der Waals surface area contributed by atoms with E-state index >= 15 is 0 Å². The number of ether oxygens (including phenoxy) is 1. The van der Waals surface area contributed by atoms with E-state index in [9.17, 15) is 0 Å². The SMILES string of the molecule is C=C1CCC2C3CCC4C[C@@H](OCCCN)CC[C@]4(C)C3CC[C@]12C. The maximum absolute atomic E-state index is 6.16. The van der Waals surface area contributed by atoms with E-state index in [2.05, 4.69) is 20.4 Å². The predicted molar refractivity (Wildman–Crippen MR) is 104 cm³/mol. The Kier molecular flexibility index (Phi) is 4.82. The molecule has 0 radical (unpaired) electrons. The molecule has 0 aromatic carbocycles. The second-order valence-electron chi connectivity index (χ2n) is 10.2. The fourth-order valence-corrected chi connectivity index (χ4v) is 7.61. The van der Waals surface area contributed by atoms with E-state index < -0.39 is 0 Å². The lowest BCUT2D eigenvalue weighted by Gasteiger charge is -2.60. The van der Waals surface area contributed by atoms with Gasteiger partial charge in [-0.1, -0.05) is 26.0 Å². The zero-order valence-corrected chi connectivity index (χ0v) is 16.6. The minimum absolute atomic E-state index is 0.465. The molecule has 4 fully saturated rings. The van der Waals surface area contributed by atoms with Gasteiger partial charge in [-0.2, -0.15) is 0 Å². The number of hydrogen-bond acceptors (Lipinski definition) is 2. The Morgan fingerprint density at radius 2 is 1.92 bits per heavy atom. The smallest absolute Gasteiger partial charge is 0.0578 e. The Balaban J connectivity index is 1.46. The molecule has 4 saturated carbocycles. The van der Waals surface area contributed by atoms with Crippen LogP contribution in [0.25, 0.3) is 0 Å². The van der Waals surface area contributed by atoms with Gasteiger partial charge in [0.2, 0.25) is 0 Å². The summed E-state index contributed by atoms with van der Waals surface area (Å²) < 4.78 is 6.16. The first-order valence-electron chi connectivity index (χ1n) is 11.0. The van der Waals surface area contributed by atoms with Crippen LogP contribution in [0.15, 0.2) is 12.2 Å². The normalized spacial score (nSPS) is 49.4. The van der Waals surface area contributed by atoms with Crippen LogP contribution in [0.2, 0.25) is 0 Å². The lowest BCUT2D eigenvalue weighted by molar-refractivity contribution is -0.126. The van der Waals surface area contributed by atoms with Gasteiger partial charge in [0.15, 0.2) is 0 Å². The van der Waals surface area contributed by atoms with Crippen molar-refractivity contribution >= 4 is 0 Å². The molecule has 4 aliphatic rings. The summed E-state index contributed by atoms with van der Waals surface area (Å²) in [6.07, 6.45) is 13.9. The van der Waals surface area contributed by atoms with Gasteiger partial charge in [-0.15, -0.1) is 0 Å². The molecule has 0 saturated heterocycles. The summed E-state index contributed by atoms with van der Waals surface area (Å²) in [5, 5.41) is 0. The number of allylic oxidation sites excluding steroid dienone is 1. The van der Waals surface area contributed by atoms with Crippen molar-refractivity contribution in [2.45, 2.75) is 84.2 Å². The highest BCUT2D eigenvalue weighted by atomic mass is 16.5. The average Bonchev–Trinajstić information content (AvgIpc) is 2.90. The first kappa shape index (κ1) is 18.0. The van der Waals surface area contributed by atoms with Gasteiger partial charge in [0.1, 0.15) is 0 Å². The summed E-state index contributed by atoms with van der Waals surface area (Å²) in [5.41, 5.74) is 8.23. The molecule has 25 heavy (non-hydrogen) atoms. The summed E-state index contributed by atoms with van der Waals surface area (Å²) in [5.74, 6) is 3.74. The summed E-state index contributed by atoms with van der Waals surface area (Å²) in [6, 6.07) is 0. The lowest BCUT2D eigenvalue weighted by Crippen LogP contribution is -2.53. The molecule has 0 aromatic heterocycles. The van der Waals surface area contributed by atoms with Crippen LogP contribution < -0.4 is 5.73 Å². The fourth-order valence-electron chi connectivity index (χ4n) is 7.61. The van der Waals surface area contributed by atoms with E-state index in [1.807, 2.05) is 0 Å². The van der Waals surface area contributed by atoms with Crippen LogP contribution in [0.5, 0.6) is 0 Å². The summed E-state index contributed by atoms with van der Waals surface area (Å²) >= 11 is 0. The third-order valence-electron chi connectivity index (χ3n) is 9.27. The van der Waals surface area contributed by atoms with E-state index in [1.54, 1.807) is 5.57 Å². The van der Waals surface area contributed by atoms with Crippen LogP contribution in [-0.4, -0.2) is 19.3 Å². The topological polar surface area (TPSA) is 35.2 Å². The predicted octanol–water partition coefficient (Wildman–Crippen LogP) is 5.32. The van der Waals surface area contributed by atoms with E-state index in [0.717, 1.165) is 43.2 Å². The van der Waals surface area contributed by atoms with E-state index in [0.29, 0.717) is 16.9 Å². The number of nitrogens with two attached hydrogens (primary N) is 1. The maximum Gasteiger partial charge on any atom is 0.0578 e. The highest BCUT2D eigenvalue weighted by molar-refractivity contribution is 5.21. The quantitative estimate of drug-likeness (QED) is 0.553. The van der Waals surface area contributed by atoms with Crippen LogP contribution in [-0.2, 0) is 4.74 Å². The van der Waals surface area contributed by atoms with Crippen molar-refractivity contribution in [3.63, 3.8) is 0 Å². The van der Waals surface area contributed by atoms with Crippen LogP contribution in [0.4, 0.5) is 0 Å². The minimum Gasteiger partial charge on any atom is -0.378 e. The molecule has 0 spiro atoms. The van der Waals surface area contributed by atoms with Crippen molar-refractivity contribution in [2.24, 2.45) is 40.2 Å². The zero-order valence-electron chi connectivity index (χ0n) is 16.6. The Morgan fingerprint density at radius 3 is 2.72 bits per heavy atom. The molecule has 0 bridgehead atoms. The first-order valence-corrected chi connectivity index (χ1v) is 11.0. The number of fused-ring (bicyclic) bond motifs is 5. The highest BCUT2D eigenvalue weighted by Crippen LogP contribution is 2.67. The molecule has 0 aliphatic heterocycles. The Hall–Kier alpha value is -0.340. The Morgan fingerprint density at radius 1 is 1.08 bits per heavy atom. The van der Waals surface area contributed by atoms with E-state index in [4.69, 9.17) is 10.5 Å². The molecule has 4 aliphatic carbocycles. The standard InChI is InChI=1S/C23H39NO/c1-16-5-8-20-19-7-6-17-15-18(25-14-4-13-24)9-11-23(17,3)21(19)10-12-22(16,20)2/h17-21H,1,4-15,24H2,2-3H3/t17?,18-,19?,20?,21?,22+,23-/m0/s1. The van der Waals surface area contributed by atoms with E-state index in [-0.39, 0.29) is 0 Å². The summed E-state index contributed by atoms with van der Waals surface area (Å²) in [4.78, 5) is 0. The zero-order chi connectivity index (χ0) is 17.7. The van der Waals surface area contributed by atoms with Crippen molar-refractivity contribution in [2.75, 3.05) is 13.2 Å². The van der Waals surface area contributed by atoms with Crippen LogP contribution >= 0.6 is 0 Å². The van der Waals surface area contributed by atoms with Gasteiger partial charge in [-0.25, -0.2) is 0 Å². The third-order valence-corrected chi connectivity index (χ3v) is 9.27. The molecule has 0 heterocycles. The molecular formula is C23H39NO. The second kappa shape index (κ2) is 6.68. The molecule has 0 amide bonds. The van der Waals surface area contributed by atoms with Gasteiger partial charge < -0.3 is 10.5 Å². The van der Waals surface area contributed by atoms with Gasteiger partial charge in [0.05, 0.1) is 6.10 Å². The van der Waals surface area contributed by atoms with Crippen molar-refractivity contribution in [1.82, 2.24) is 0 Å². The molecule has 142 valence electrons. The average molecular weight is 346 g/mol. The molecular weight excluding hydrogens is 306 g/mol. The minimum atomic E-state index is 0.465. The molecule has 2 N–H and O–H groups in total. The third kappa shape index (κ3) is 2.83. The van der Waals surface area contributed by atoms with Crippen LogP contribution in [0, 0.1) is 34.5 Å². The molecule has 4 unspecified atom stereocenters. The van der Waals surface area contributed by atoms with E-state index in [1.165, 1.54) is 57.8 Å². The molecule has 0 aromatic rings. The fraction of sp³-hybridized carbons (Fsp3) is 0.913. The van der Waals surface area contributed by atoms with Gasteiger partial charge >= 0.3 is 0 Å². The van der Waals surface area contributed by atoms with Gasteiger partial charge in [-0.05, 0) is 105 Å². The number of rotatable bonds is 4. The number of hydrogen-bond donors (Lipinski definition) is 1. The second-order valence-corrected chi connectivity index (χ2v) is 10.2. The van der Waals surface area contributed by atoms with Gasteiger partial charge in [0.25, 0.3) is 0 Å². The summed E-state index contributed by atoms with van der Waals surface area (Å²) in [7, 11) is 0. The lowest BCUT2D eigenvalue weighted by atomic mass is 9.45. The van der Waals surface area contributed by atoms with Crippen molar-refractivity contribution in [3.8, 4) is 0 Å². The van der Waals surface area contributed by atoms with Gasteiger partial charge in [-0.3, -0.25) is 0 Å². The van der Waals surface area contributed by atoms with Crippen molar-refractivity contribution < 1.29 is 4.74 Å². The van der Waals surface area contributed by atoms with Crippen LogP contribution in [0.1, 0.15) is 78.1 Å². The molecule has 2 heteroatoms. The first-order chi connectivity index (χ1) is 12.0. The monoisotopic (exact) mass is 345 g/mol. The van der Waals surface area contributed by atoms with Crippen molar-refractivity contribution in [3.05, 3.63) is 12.2 Å². The molecule has 4 rings (SSSR count). The molecule has 2 nitrogen and oxygen atoms in total. The van der Waals surface area contributed by atoms with Crippen molar-refractivity contribution in [1.29, 1.82) is 0 Å². The largest absolute Gasteiger partial charge is 0.378 e.